The van der Waals surface area contributed by atoms with E-state index in [9.17, 15) is 4.79 Å². The molecule has 0 aromatic rings. The predicted molar refractivity (Wildman–Crippen MR) is 62.3 cm³/mol. The normalized spacial score (nSPS) is 26.2. The summed E-state index contributed by atoms with van der Waals surface area (Å²) in [6.45, 7) is 5.62. The van der Waals surface area contributed by atoms with Gasteiger partial charge in [0.05, 0.1) is 6.04 Å². The van der Waals surface area contributed by atoms with Crippen LogP contribution in [0, 0.1) is 0 Å². The van der Waals surface area contributed by atoms with Crippen LogP contribution in [-0.4, -0.2) is 49.2 Å². The van der Waals surface area contributed by atoms with Gasteiger partial charge in [0.15, 0.2) is 0 Å². The van der Waals surface area contributed by atoms with Crippen LogP contribution in [0.5, 0.6) is 0 Å². The van der Waals surface area contributed by atoms with Gasteiger partial charge in [-0.3, -0.25) is 4.79 Å². The van der Waals surface area contributed by atoms with Crippen molar-refractivity contribution in [1.82, 2.24) is 10.2 Å². The molecule has 0 saturated carbocycles. The third kappa shape index (κ3) is 2.55. The highest BCUT2D eigenvalue weighted by Crippen LogP contribution is 2.17. The maximum atomic E-state index is 12.3. The summed E-state index contributed by atoms with van der Waals surface area (Å²) < 4.78 is 5.57. The molecule has 2 aliphatic rings. The monoisotopic (exact) mass is 226 g/mol. The van der Waals surface area contributed by atoms with Gasteiger partial charge in [-0.15, -0.1) is 0 Å². The molecule has 92 valence electrons. The molecule has 2 rings (SSSR count). The minimum Gasteiger partial charge on any atom is -0.368 e. The summed E-state index contributed by atoms with van der Waals surface area (Å²) in [6.07, 6.45) is 3.98. The SMILES string of the molecule is CCCN(C(=O)C1CCCCO1)C1CNC1. The Balaban J connectivity index is 1.92. The average molecular weight is 226 g/mol. The standard InChI is InChI=1S/C12H22N2O2/c1-2-6-14(10-8-13-9-10)12(15)11-5-3-4-7-16-11/h10-11,13H,2-9H2,1H3. The average Bonchev–Trinajstić information content (AvgIpc) is 2.26. The van der Waals surface area contributed by atoms with Crippen LogP contribution >= 0.6 is 0 Å². The van der Waals surface area contributed by atoms with Crippen molar-refractivity contribution in [2.45, 2.75) is 44.8 Å². The second kappa shape index (κ2) is 5.64. The summed E-state index contributed by atoms with van der Waals surface area (Å²) in [7, 11) is 0. The molecule has 0 radical (unpaired) electrons. The minimum atomic E-state index is -0.166. The van der Waals surface area contributed by atoms with Crippen molar-refractivity contribution in [2.24, 2.45) is 0 Å². The molecule has 16 heavy (non-hydrogen) atoms. The van der Waals surface area contributed by atoms with Crippen LogP contribution in [0.2, 0.25) is 0 Å². The number of nitrogens with one attached hydrogen (secondary N) is 1. The topological polar surface area (TPSA) is 41.6 Å². The van der Waals surface area contributed by atoms with E-state index >= 15 is 0 Å². The van der Waals surface area contributed by atoms with Crippen LogP contribution in [0.1, 0.15) is 32.6 Å². The number of carbonyl (C=O) groups excluding carboxylic acids is 1. The maximum Gasteiger partial charge on any atom is 0.252 e. The van der Waals surface area contributed by atoms with E-state index in [0.717, 1.165) is 51.9 Å². The van der Waals surface area contributed by atoms with E-state index in [1.807, 2.05) is 4.90 Å². The molecule has 2 fully saturated rings. The van der Waals surface area contributed by atoms with Gasteiger partial charge in [0.2, 0.25) is 0 Å². The van der Waals surface area contributed by atoms with E-state index < -0.39 is 0 Å². The lowest BCUT2D eigenvalue weighted by Gasteiger charge is -2.40. The van der Waals surface area contributed by atoms with Crippen molar-refractivity contribution >= 4 is 5.91 Å². The van der Waals surface area contributed by atoms with Crippen molar-refractivity contribution in [3.05, 3.63) is 0 Å². The molecule has 0 aromatic heterocycles. The Morgan fingerprint density at radius 3 is 2.75 bits per heavy atom. The lowest BCUT2D eigenvalue weighted by molar-refractivity contribution is -0.150. The summed E-state index contributed by atoms with van der Waals surface area (Å²) in [5.41, 5.74) is 0. The molecule has 0 aliphatic carbocycles. The lowest BCUT2D eigenvalue weighted by Crippen LogP contribution is -2.61. The Labute approximate surface area is 97.3 Å². The Bertz CT molecular complexity index is 235. The van der Waals surface area contributed by atoms with Gasteiger partial charge < -0.3 is 15.0 Å². The lowest BCUT2D eigenvalue weighted by atomic mass is 10.0. The predicted octanol–water partition coefficient (Wildman–Crippen LogP) is 0.766. The van der Waals surface area contributed by atoms with Gasteiger partial charge in [-0.05, 0) is 25.7 Å². The molecule has 0 bridgehead atoms. The van der Waals surface area contributed by atoms with Crippen molar-refractivity contribution in [3.8, 4) is 0 Å². The highest BCUT2D eigenvalue weighted by atomic mass is 16.5. The van der Waals surface area contributed by atoms with Crippen LogP contribution in [-0.2, 0) is 9.53 Å². The Hall–Kier alpha value is -0.610. The molecule has 2 heterocycles. The van der Waals surface area contributed by atoms with Gasteiger partial charge in [0.25, 0.3) is 5.91 Å². The quantitative estimate of drug-likeness (QED) is 0.769. The molecule has 1 amide bonds. The number of carbonyl (C=O) groups is 1. The molecule has 1 unspecified atom stereocenters. The number of amides is 1. The summed E-state index contributed by atoms with van der Waals surface area (Å²) in [6, 6.07) is 0.401. The first-order chi connectivity index (χ1) is 7.83. The first-order valence-electron chi connectivity index (χ1n) is 6.45. The van der Waals surface area contributed by atoms with E-state index in [2.05, 4.69) is 12.2 Å². The Morgan fingerprint density at radius 1 is 1.44 bits per heavy atom. The third-order valence-corrected chi connectivity index (χ3v) is 3.40. The van der Waals surface area contributed by atoms with Gasteiger partial charge in [0.1, 0.15) is 6.10 Å². The zero-order valence-corrected chi connectivity index (χ0v) is 10.1. The second-order valence-electron chi connectivity index (χ2n) is 4.70. The molecule has 1 atom stereocenters. The molecule has 2 aliphatic heterocycles. The number of hydrogen-bond acceptors (Lipinski definition) is 3. The van der Waals surface area contributed by atoms with Crippen LogP contribution in [0.4, 0.5) is 0 Å². The van der Waals surface area contributed by atoms with E-state index in [0.29, 0.717) is 6.04 Å². The molecule has 1 N–H and O–H groups in total. The van der Waals surface area contributed by atoms with Crippen molar-refractivity contribution in [3.63, 3.8) is 0 Å². The van der Waals surface area contributed by atoms with Crippen LogP contribution in [0.25, 0.3) is 0 Å². The summed E-state index contributed by atoms with van der Waals surface area (Å²) in [4.78, 5) is 14.3. The number of hydrogen-bond donors (Lipinski definition) is 1. The smallest absolute Gasteiger partial charge is 0.252 e. The van der Waals surface area contributed by atoms with Gasteiger partial charge in [-0.25, -0.2) is 0 Å². The molecular formula is C12H22N2O2. The Kier molecular flexibility index (Phi) is 4.18. The van der Waals surface area contributed by atoms with Gasteiger partial charge in [0, 0.05) is 26.2 Å². The van der Waals surface area contributed by atoms with Crippen LogP contribution in [0.15, 0.2) is 0 Å². The van der Waals surface area contributed by atoms with Crippen LogP contribution < -0.4 is 5.32 Å². The molecule has 0 spiro atoms. The van der Waals surface area contributed by atoms with Crippen LogP contribution in [0.3, 0.4) is 0 Å². The van der Waals surface area contributed by atoms with E-state index in [1.54, 1.807) is 0 Å². The van der Waals surface area contributed by atoms with Gasteiger partial charge in [-0.2, -0.15) is 0 Å². The molecular weight excluding hydrogens is 204 g/mol. The fraction of sp³-hybridized carbons (Fsp3) is 0.917. The van der Waals surface area contributed by atoms with Gasteiger partial charge >= 0.3 is 0 Å². The number of rotatable bonds is 4. The molecule has 4 heteroatoms. The minimum absolute atomic E-state index is 0.166. The van der Waals surface area contributed by atoms with E-state index in [-0.39, 0.29) is 12.0 Å². The largest absolute Gasteiger partial charge is 0.368 e. The Morgan fingerprint density at radius 2 is 2.25 bits per heavy atom. The zero-order chi connectivity index (χ0) is 11.4. The first kappa shape index (κ1) is 11.9. The van der Waals surface area contributed by atoms with E-state index in [1.165, 1.54) is 0 Å². The fourth-order valence-electron chi connectivity index (χ4n) is 2.33. The molecule has 4 nitrogen and oxygen atoms in total. The fourth-order valence-corrected chi connectivity index (χ4v) is 2.33. The maximum absolute atomic E-state index is 12.3. The number of ether oxygens (including phenoxy) is 1. The van der Waals surface area contributed by atoms with Crippen molar-refractivity contribution in [1.29, 1.82) is 0 Å². The highest BCUT2D eigenvalue weighted by molar-refractivity contribution is 5.81. The number of nitrogens with zero attached hydrogens (tertiary/aromatic N) is 1. The summed E-state index contributed by atoms with van der Waals surface area (Å²) in [5, 5.41) is 3.22. The van der Waals surface area contributed by atoms with Crippen molar-refractivity contribution in [2.75, 3.05) is 26.2 Å². The first-order valence-corrected chi connectivity index (χ1v) is 6.45. The summed E-state index contributed by atoms with van der Waals surface area (Å²) in [5.74, 6) is 0.216. The second-order valence-corrected chi connectivity index (χ2v) is 4.70. The summed E-state index contributed by atoms with van der Waals surface area (Å²) >= 11 is 0. The van der Waals surface area contributed by atoms with Crippen molar-refractivity contribution < 1.29 is 9.53 Å². The van der Waals surface area contributed by atoms with Gasteiger partial charge in [-0.1, -0.05) is 6.92 Å². The third-order valence-electron chi connectivity index (χ3n) is 3.40. The molecule has 2 saturated heterocycles. The highest BCUT2D eigenvalue weighted by Gasteiger charge is 2.33. The zero-order valence-electron chi connectivity index (χ0n) is 10.1. The molecule has 0 aromatic carbocycles. The van der Waals surface area contributed by atoms with E-state index in [4.69, 9.17) is 4.74 Å².